The second-order valence-corrected chi connectivity index (χ2v) is 6.83. The van der Waals surface area contributed by atoms with Gasteiger partial charge in [-0.15, -0.1) is 0 Å². The number of alkyl halides is 3. The Labute approximate surface area is 178 Å². The van der Waals surface area contributed by atoms with Crippen molar-refractivity contribution >= 4 is 17.3 Å². The lowest BCUT2D eigenvalue weighted by Crippen LogP contribution is -2.31. The average molecular weight is 440 g/mol. The molecule has 0 saturated carbocycles. The van der Waals surface area contributed by atoms with Crippen LogP contribution in [0.3, 0.4) is 0 Å². The Kier molecular flexibility index (Phi) is 5.01. The van der Waals surface area contributed by atoms with Gasteiger partial charge in [-0.2, -0.15) is 18.4 Å². The molecule has 0 aliphatic carbocycles. The van der Waals surface area contributed by atoms with E-state index in [2.05, 4.69) is 20.3 Å². The Morgan fingerprint density at radius 2 is 2.00 bits per heavy atom. The maximum atomic E-state index is 13.3. The lowest BCUT2D eigenvalue weighted by molar-refractivity contribution is -0.137. The van der Waals surface area contributed by atoms with Gasteiger partial charge in [0.25, 0.3) is 0 Å². The largest absolute Gasteiger partial charge is 0.416 e. The molecule has 1 aromatic carbocycles. The number of hydrogen-bond donors (Lipinski definition) is 2. The van der Waals surface area contributed by atoms with Gasteiger partial charge in [0.05, 0.1) is 17.3 Å². The maximum absolute atomic E-state index is 13.3. The smallest absolute Gasteiger partial charge is 0.382 e. The van der Waals surface area contributed by atoms with E-state index in [9.17, 15) is 23.2 Å². The number of rotatable bonds is 4. The van der Waals surface area contributed by atoms with Gasteiger partial charge in [-0.3, -0.25) is 4.40 Å². The highest BCUT2D eigenvalue weighted by molar-refractivity contribution is 5.62. The number of hydrogen-bond acceptors (Lipinski definition) is 7. The van der Waals surface area contributed by atoms with Crippen molar-refractivity contribution in [3.05, 3.63) is 76.4 Å². The summed E-state index contributed by atoms with van der Waals surface area (Å²) in [5.74, 6) is 0.177. The summed E-state index contributed by atoms with van der Waals surface area (Å²) in [6, 6.07) is 8.72. The molecule has 0 amide bonds. The molecule has 12 heteroatoms. The predicted octanol–water partition coefficient (Wildman–Crippen LogP) is 2.92. The van der Waals surface area contributed by atoms with E-state index in [0.717, 1.165) is 23.0 Å². The van der Waals surface area contributed by atoms with Crippen LogP contribution in [0.25, 0.3) is 11.3 Å². The van der Waals surface area contributed by atoms with Crippen LogP contribution >= 0.6 is 0 Å². The molecular weight excluding hydrogens is 425 g/mol. The zero-order chi connectivity index (χ0) is 23.0. The second-order valence-electron chi connectivity index (χ2n) is 6.83. The molecule has 0 saturated heterocycles. The highest BCUT2D eigenvalue weighted by atomic mass is 19.4. The summed E-state index contributed by atoms with van der Waals surface area (Å²) in [7, 11) is 0. The summed E-state index contributed by atoms with van der Waals surface area (Å²) >= 11 is 0. The topological polar surface area (TPSA) is 127 Å². The number of anilines is 2. The fourth-order valence-electron chi connectivity index (χ4n) is 3.24. The van der Waals surface area contributed by atoms with E-state index >= 15 is 0 Å². The minimum atomic E-state index is -4.59. The molecular formula is C20H15F3N8O. The Hall–Kier alpha value is -4.40. The maximum Gasteiger partial charge on any atom is 0.416 e. The SMILES string of the molecule is CC(Nc1ncnc(N)c1C#N)c1nc2cccn2c(=O)n1-c1cccc(C(F)(F)F)c1. The first-order chi connectivity index (χ1) is 15.2. The van der Waals surface area contributed by atoms with Crippen molar-refractivity contribution in [1.29, 1.82) is 5.26 Å². The van der Waals surface area contributed by atoms with E-state index in [1.807, 2.05) is 6.07 Å². The van der Waals surface area contributed by atoms with Crippen molar-refractivity contribution in [2.45, 2.75) is 19.1 Å². The van der Waals surface area contributed by atoms with Crippen LogP contribution in [0.1, 0.15) is 29.9 Å². The number of nitrogens with zero attached hydrogens (tertiary/aromatic N) is 6. The van der Waals surface area contributed by atoms with Crippen molar-refractivity contribution < 1.29 is 13.2 Å². The van der Waals surface area contributed by atoms with Crippen molar-refractivity contribution in [2.24, 2.45) is 0 Å². The Balaban J connectivity index is 1.90. The average Bonchev–Trinajstić information content (AvgIpc) is 3.22. The molecule has 32 heavy (non-hydrogen) atoms. The minimum absolute atomic E-state index is 0.00363. The first kappa shape index (κ1) is 20.9. The van der Waals surface area contributed by atoms with Crippen LogP contribution in [0.4, 0.5) is 24.8 Å². The second kappa shape index (κ2) is 7.69. The van der Waals surface area contributed by atoms with Crippen LogP contribution in [0.2, 0.25) is 0 Å². The zero-order valence-electron chi connectivity index (χ0n) is 16.5. The standard InChI is InChI=1S/C20H15F3N8O/c1-11(28-17-14(9-24)16(25)26-10-27-17)18-29-15-6-3-7-30(15)19(32)31(18)13-5-2-4-12(8-13)20(21,22)23/h2-8,10-11H,1H3,(H3,25,26,27,28). The van der Waals surface area contributed by atoms with Crippen molar-refractivity contribution in [3.63, 3.8) is 0 Å². The molecule has 162 valence electrons. The Morgan fingerprint density at radius 3 is 2.72 bits per heavy atom. The molecule has 4 rings (SSSR count). The minimum Gasteiger partial charge on any atom is -0.382 e. The van der Waals surface area contributed by atoms with Gasteiger partial charge in [-0.25, -0.2) is 24.3 Å². The molecule has 0 spiro atoms. The summed E-state index contributed by atoms with van der Waals surface area (Å²) in [6.07, 6.45) is -1.96. The number of benzene rings is 1. The fourth-order valence-corrected chi connectivity index (χ4v) is 3.24. The lowest BCUT2D eigenvalue weighted by atomic mass is 10.2. The van der Waals surface area contributed by atoms with Crippen LogP contribution in [0.15, 0.2) is 53.7 Å². The van der Waals surface area contributed by atoms with Crippen LogP contribution in [-0.2, 0) is 6.18 Å². The molecule has 0 aliphatic rings. The van der Waals surface area contributed by atoms with Gasteiger partial charge < -0.3 is 11.1 Å². The van der Waals surface area contributed by atoms with E-state index < -0.39 is 23.5 Å². The molecule has 0 fully saturated rings. The number of nitrogens with two attached hydrogens (primary N) is 1. The number of halogens is 3. The van der Waals surface area contributed by atoms with Gasteiger partial charge in [0, 0.05) is 6.20 Å². The molecule has 1 atom stereocenters. The van der Waals surface area contributed by atoms with Gasteiger partial charge in [0.2, 0.25) is 0 Å². The molecule has 0 aliphatic heterocycles. The first-order valence-electron chi connectivity index (χ1n) is 9.25. The first-order valence-corrected chi connectivity index (χ1v) is 9.25. The highest BCUT2D eigenvalue weighted by Crippen LogP contribution is 2.31. The fraction of sp³-hybridized carbons (Fsp3) is 0.150. The molecule has 3 N–H and O–H groups in total. The quantitative estimate of drug-likeness (QED) is 0.499. The van der Waals surface area contributed by atoms with E-state index in [4.69, 9.17) is 5.73 Å². The van der Waals surface area contributed by atoms with E-state index in [1.54, 1.807) is 19.1 Å². The Bertz CT molecular complexity index is 1420. The molecule has 1 unspecified atom stereocenters. The summed E-state index contributed by atoms with van der Waals surface area (Å²) in [5.41, 5.74) is 4.49. The summed E-state index contributed by atoms with van der Waals surface area (Å²) < 4.78 is 42.1. The number of nitrogen functional groups attached to an aromatic ring is 1. The van der Waals surface area contributed by atoms with Gasteiger partial charge >= 0.3 is 11.9 Å². The zero-order valence-corrected chi connectivity index (χ0v) is 16.5. The predicted molar refractivity (Wildman–Crippen MR) is 109 cm³/mol. The van der Waals surface area contributed by atoms with Crippen LogP contribution < -0.4 is 16.7 Å². The van der Waals surface area contributed by atoms with Crippen LogP contribution in [0.5, 0.6) is 0 Å². The third kappa shape index (κ3) is 3.60. The highest BCUT2D eigenvalue weighted by Gasteiger charge is 2.31. The molecule has 3 aromatic heterocycles. The van der Waals surface area contributed by atoms with Crippen molar-refractivity contribution in [2.75, 3.05) is 11.1 Å². The third-order valence-electron chi connectivity index (χ3n) is 4.74. The third-order valence-corrected chi connectivity index (χ3v) is 4.74. The summed E-state index contributed by atoms with van der Waals surface area (Å²) in [6.45, 7) is 1.63. The van der Waals surface area contributed by atoms with Crippen molar-refractivity contribution in [3.8, 4) is 11.8 Å². The number of aromatic nitrogens is 5. The molecule has 0 radical (unpaired) electrons. The molecule has 9 nitrogen and oxygen atoms in total. The summed E-state index contributed by atoms with van der Waals surface area (Å²) in [4.78, 5) is 25.4. The van der Waals surface area contributed by atoms with Crippen LogP contribution in [0, 0.1) is 11.3 Å². The normalized spacial score (nSPS) is 12.5. The van der Waals surface area contributed by atoms with E-state index in [-0.39, 0.29) is 28.7 Å². The molecule has 3 heterocycles. The number of fused-ring (bicyclic) bond motifs is 1. The monoisotopic (exact) mass is 440 g/mol. The molecule has 0 bridgehead atoms. The van der Waals surface area contributed by atoms with Gasteiger partial charge in [0.1, 0.15) is 41.1 Å². The van der Waals surface area contributed by atoms with Gasteiger partial charge in [0.15, 0.2) is 0 Å². The van der Waals surface area contributed by atoms with E-state index in [1.165, 1.54) is 22.7 Å². The lowest BCUT2D eigenvalue weighted by Gasteiger charge is -2.20. The summed E-state index contributed by atoms with van der Waals surface area (Å²) in [5, 5.41) is 12.3. The van der Waals surface area contributed by atoms with Gasteiger partial charge in [-0.05, 0) is 37.3 Å². The Morgan fingerprint density at radius 1 is 1.22 bits per heavy atom. The molecule has 4 aromatic rings. The number of nitrogens with one attached hydrogen (secondary N) is 1. The van der Waals surface area contributed by atoms with Crippen molar-refractivity contribution in [1.82, 2.24) is 23.9 Å². The van der Waals surface area contributed by atoms with E-state index in [0.29, 0.717) is 5.65 Å². The number of nitriles is 1. The van der Waals surface area contributed by atoms with Crippen LogP contribution in [-0.4, -0.2) is 23.9 Å². The van der Waals surface area contributed by atoms with Gasteiger partial charge in [-0.1, -0.05) is 6.07 Å².